The maximum absolute atomic E-state index is 10.3. The van der Waals surface area contributed by atoms with E-state index in [-0.39, 0.29) is 5.95 Å². The summed E-state index contributed by atoms with van der Waals surface area (Å²) in [6.07, 6.45) is 0. The van der Waals surface area contributed by atoms with Crippen LogP contribution in [0.1, 0.15) is 13.0 Å². The summed E-state index contributed by atoms with van der Waals surface area (Å²) in [5, 5.41) is 18.7. The van der Waals surface area contributed by atoms with Crippen molar-refractivity contribution in [3.8, 4) is 0 Å². The van der Waals surface area contributed by atoms with Gasteiger partial charge in [0.15, 0.2) is 6.04 Å². The van der Waals surface area contributed by atoms with Gasteiger partial charge in [0.05, 0.1) is 0 Å². The van der Waals surface area contributed by atoms with Crippen LogP contribution in [0.15, 0.2) is 0 Å². The standard InChI is InChI=1S/C4H7N5O2/c1-2(3(10)11)9-7-4(5)6-8-9/h2H,1H3,(H2,5,7)(H,10,11). The Hall–Kier alpha value is -1.66. The van der Waals surface area contributed by atoms with Gasteiger partial charge in [0, 0.05) is 0 Å². The van der Waals surface area contributed by atoms with Crippen molar-refractivity contribution in [2.75, 3.05) is 5.73 Å². The zero-order chi connectivity index (χ0) is 8.43. The quantitative estimate of drug-likeness (QED) is 0.564. The normalized spacial score (nSPS) is 12.8. The summed E-state index contributed by atoms with van der Waals surface area (Å²) < 4.78 is 0. The SMILES string of the molecule is CC(C(=O)O)n1nnc(N)n1. The first-order valence-electron chi connectivity index (χ1n) is 2.89. The van der Waals surface area contributed by atoms with Crippen molar-refractivity contribution < 1.29 is 9.90 Å². The molecule has 0 aliphatic heterocycles. The van der Waals surface area contributed by atoms with Crippen molar-refractivity contribution in [1.29, 1.82) is 0 Å². The van der Waals surface area contributed by atoms with Gasteiger partial charge in [0.1, 0.15) is 0 Å². The fraction of sp³-hybridized carbons (Fsp3) is 0.500. The van der Waals surface area contributed by atoms with Crippen LogP contribution in [0.3, 0.4) is 0 Å². The van der Waals surface area contributed by atoms with Crippen LogP contribution in [0, 0.1) is 0 Å². The molecule has 1 heterocycles. The van der Waals surface area contributed by atoms with Crippen LogP contribution in [-0.4, -0.2) is 31.3 Å². The Balaban J connectivity index is 2.84. The largest absolute Gasteiger partial charge is 0.480 e. The Bertz CT molecular complexity index is 269. The average molecular weight is 157 g/mol. The molecule has 11 heavy (non-hydrogen) atoms. The number of anilines is 1. The molecule has 0 saturated heterocycles. The molecule has 0 fully saturated rings. The highest BCUT2D eigenvalue weighted by molar-refractivity contribution is 5.70. The summed E-state index contributed by atoms with van der Waals surface area (Å²) in [5.74, 6) is -1.06. The molecule has 1 atom stereocenters. The molecule has 1 aromatic rings. The van der Waals surface area contributed by atoms with Gasteiger partial charge in [-0.1, -0.05) is 5.10 Å². The molecule has 0 spiro atoms. The first-order valence-corrected chi connectivity index (χ1v) is 2.89. The van der Waals surface area contributed by atoms with Gasteiger partial charge >= 0.3 is 5.97 Å². The molecule has 0 bridgehead atoms. The van der Waals surface area contributed by atoms with Gasteiger partial charge in [-0.15, -0.1) is 9.90 Å². The molecule has 0 saturated carbocycles. The van der Waals surface area contributed by atoms with E-state index in [4.69, 9.17) is 10.8 Å². The summed E-state index contributed by atoms with van der Waals surface area (Å²) >= 11 is 0. The summed E-state index contributed by atoms with van der Waals surface area (Å²) in [7, 11) is 0. The lowest BCUT2D eigenvalue weighted by Crippen LogP contribution is -2.18. The molecule has 1 aromatic heterocycles. The van der Waals surface area contributed by atoms with E-state index in [0.29, 0.717) is 0 Å². The van der Waals surface area contributed by atoms with Crippen molar-refractivity contribution in [1.82, 2.24) is 20.2 Å². The minimum Gasteiger partial charge on any atom is -0.480 e. The highest BCUT2D eigenvalue weighted by atomic mass is 16.4. The maximum atomic E-state index is 10.3. The summed E-state index contributed by atoms with van der Waals surface area (Å²) in [4.78, 5) is 11.3. The number of aromatic nitrogens is 4. The zero-order valence-corrected chi connectivity index (χ0v) is 5.80. The van der Waals surface area contributed by atoms with Gasteiger partial charge in [-0.3, -0.25) is 0 Å². The van der Waals surface area contributed by atoms with Gasteiger partial charge in [-0.2, -0.15) is 0 Å². The van der Waals surface area contributed by atoms with Gasteiger partial charge in [0.2, 0.25) is 0 Å². The number of tetrazole rings is 1. The molecular formula is C4H7N5O2. The fourth-order valence-corrected chi connectivity index (χ4v) is 0.499. The van der Waals surface area contributed by atoms with Crippen molar-refractivity contribution in [3.63, 3.8) is 0 Å². The third kappa shape index (κ3) is 1.42. The Labute approximate surface area is 61.8 Å². The lowest BCUT2D eigenvalue weighted by atomic mass is 10.4. The van der Waals surface area contributed by atoms with Crippen LogP contribution < -0.4 is 5.73 Å². The first-order chi connectivity index (χ1) is 5.11. The van der Waals surface area contributed by atoms with E-state index < -0.39 is 12.0 Å². The number of nitrogens with zero attached hydrogens (tertiary/aromatic N) is 4. The summed E-state index contributed by atoms with van der Waals surface area (Å²) in [6, 6.07) is -0.834. The molecule has 0 aliphatic rings. The molecule has 0 amide bonds. The van der Waals surface area contributed by atoms with Gasteiger partial charge < -0.3 is 10.8 Å². The maximum Gasteiger partial charge on any atom is 0.330 e. The highest BCUT2D eigenvalue weighted by Gasteiger charge is 2.15. The van der Waals surface area contributed by atoms with Gasteiger partial charge in [-0.25, -0.2) is 4.79 Å². The first kappa shape index (κ1) is 7.45. The smallest absolute Gasteiger partial charge is 0.330 e. The second-order valence-electron chi connectivity index (χ2n) is 1.98. The number of nitrogens with two attached hydrogens (primary N) is 1. The third-order valence-electron chi connectivity index (χ3n) is 1.15. The second kappa shape index (κ2) is 2.52. The second-order valence-corrected chi connectivity index (χ2v) is 1.98. The van der Waals surface area contributed by atoms with E-state index in [2.05, 4.69) is 15.4 Å². The van der Waals surface area contributed by atoms with E-state index >= 15 is 0 Å². The number of aliphatic carboxylic acids is 1. The average Bonchev–Trinajstić information content (AvgIpc) is 2.34. The number of hydrogen-bond donors (Lipinski definition) is 2. The predicted octanol–water partition coefficient (Wildman–Crippen LogP) is -1.10. The van der Waals surface area contributed by atoms with Crippen LogP contribution in [0.2, 0.25) is 0 Å². The van der Waals surface area contributed by atoms with Crippen LogP contribution in [0.5, 0.6) is 0 Å². The molecular weight excluding hydrogens is 150 g/mol. The Kier molecular flexibility index (Phi) is 1.71. The molecule has 1 unspecified atom stereocenters. The van der Waals surface area contributed by atoms with Crippen molar-refractivity contribution in [2.24, 2.45) is 0 Å². The third-order valence-corrected chi connectivity index (χ3v) is 1.15. The van der Waals surface area contributed by atoms with Crippen molar-refractivity contribution >= 4 is 11.9 Å². The van der Waals surface area contributed by atoms with E-state index in [0.717, 1.165) is 4.80 Å². The van der Waals surface area contributed by atoms with Crippen LogP contribution in [-0.2, 0) is 4.79 Å². The van der Waals surface area contributed by atoms with E-state index in [1.807, 2.05) is 0 Å². The summed E-state index contributed by atoms with van der Waals surface area (Å²) in [6.45, 7) is 1.43. The highest BCUT2D eigenvalue weighted by Crippen LogP contribution is 2.00. The van der Waals surface area contributed by atoms with E-state index in [1.54, 1.807) is 0 Å². The lowest BCUT2D eigenvalue weighted by Gasteiger charge is -2.00. The van der Waals surface area contributed by atoms with Gasteiger partial charge in [-0.05, 0) is 12.1 Å². The topological polar surface area (TPSA) is 107 Å². The van der Waals surface area contributed by atoms with Gasteiger partial charge in [0.25, 0.3) is 5.95 Å². The number of carbonyl (C=O) groups is 1. The minimum absolute atomic E-state index is 0.0295. The molecule has 3 N–H and O–H groups in total. The molecule has 0 radical (unpaired) electrons. The molecule has 7 heteroatoms. The zero-order valence-electron chi connectivity index (χ0n) is 5.80. The molecule has 0 aliphatic carbocycles. The molecule has 7 nitrogen and oxygen atoms in total. The fourth-order valence-electron chi connectivity index (χ4n) is 0.499. The minimum atomic E-state index is -1.03. The Morgan fingerprint density at radius 2 is 2.45 bits per heavy atom. The lowest BCUT2D eigenvalue weighted by molar-refractivity contribution is -0.141. The molecule has 0 aromatic carbocycles. The van der Waals surface area contributed by atoms with Crippen LogP contribution >= 0.6 is 0 Å². The van der Waals surface area contributed by atoms with Crippen LogP contribution in [0.4, 0.5) is 5.95 Å². The van der Waals surface area contributed by atoms with E-state index in [9.17, 15) is 4.79 Å². The number of carboxylic acid groups (broad SMARTS) is 1. The number of rotatable bonds is 2. The number of hydrogen-bond acceptors (Lipinski definition) is 5. The Morgan fingerprint density at radius 3 is 2.82 bits per heavy atom. The monoisotopic (exact) mass is 157 g/mol. The van der Waals surface area contributed by atoms with Crippen LogP contribution in [0.25, 0.3) is 0 Å². The molecule has 60 valence electrons. The number of carboxylic acids is 1. The predicted molar refractivity (Wildman–Crippen MR) is 34.6 cm³/mol. The van der Waals surface area contributed by atoms with E-state index in [1.165, 1.54) is 6.92 Å². The molecule has 1 rings (SSSR count). The Morgan fingerprint density at radius 1 is 1.82 bits per heavy atom. The van der Waals surface area contributed by atoms with Crippen molar-refractivity contribution in [2.45, 2.75) is 13.0 Å². The number of nitrogen functional groups attached to an aromatic ring is 1. The van der Waals surface area contributed by atoms with Crippen molar-refractivity contribution in [3.05, 3.63) is 0 Å². The summed E-state index contributed by atoms with van der Waals surface area (Å²) in [5.41, 5.74) is 5.12.